The molecule has 1 aliphatic heterocycles. The van der Waals surface area contributed by atoms with E-state index in [0.717, 1.165) is 18.5 Å². The maximum atomic E-state index is 12.0. The van der Waals surface area contributed by atoms with Gasteiger partial charge >= 0.3 is 0 Å². The van der Waals surface area contributed by atoms with Crippen molar-refractivity contribution in [3.05, 3.63) is 17.5 Å². The first-order valence-corrected chi connectivity index (χ1v) is 5.80. The molecule has 0 spiro atoms. The Morgan fingerprint density at radius 3 is 2.94 bits per heavy atom. The van der Waals surface area contributed by atoms with Gasteiger partial charge in [0.2, 0.25) is 5.91 Å². The molecule has 1 aromatic heterocycles. The van der Waals surface area contributed by atoms with E-state index < -0.39 is 0 Å². The standard InChI is InChI=1S/C12H16N2O3/c1-8-6-10(17-13-8)7-12(16)14-5-3-4-11(14)9(2)15/h6,11H,3-5,7H2,1-2H3. The van der Waals surface area contributed by atoms with Crippen LogP contribution in [0.1, 0.15) is 31.2 Å². The number of aryl methyl sites for hydroxylation is 1. The monoisotopic (exact) mass is 236 g/mol. The number of hydrogen-bond donors (Lipinski definition) is 0. The molecule has 92 valence electrons. The lowest BCUT2D eigenvalue weighted by atomic mass is 10.1. The van der Waals surface area contributed by atoms with Gasteiger partial charge in [0.25, 0.3) is 0 Å². The van der Waals surface area contributed by atoms with Gasteiger partial charge in [0.15, 0.2) is 5.78 Å². The van der Waals surface area contributed by atoms with E-state index in [1.54, 1.807) is 11.0 Å². The van der Waals surface area contributed by atoms with Crippen LogP contribution in [0.15, 0.2) is 10.6 Å². The number of carbonyl (C=O) groups excluding carboxylic acids is 2. The maximum absolute atomic E-state index is 12.0. The second-order valence-corrected chi connectivity index (χ2v) is 4.47. The zero-order chi connectivity index (χ0) is 12.4. The van der Waals surface area contributed by atoms with Gasteiger partial charge in [-0.05, 0) is 26.7 Å². The Hall–Kier alpha value is -1.65. The molecular formula is C12H16N2O3. The van der Waals surface area contributed by atoms with Gasteiger partial charge in [-0.1, -0.05) is 5.16 Å². The summed E-state index contributed by atoms with van der Waals surface area (Å²) in [4.78, 5) is 25.1. The fourth-order valence-electron chi connectivity index (χ4n) is 2.24. The Bertz CT molecular complexity index is 439. The Labute approximate surface area is 99.8 Å². The molecule has 0 saturated carbocycles. The molecule has 2 heterocycles. The summed E-state index contributed by atoms with van der Waals surface area (Å²) in [6.07, 6.45) is 1.85. The van der Waals surface area contributed by atoms with Gasteiger partial charge in [0.1, 0.15) is 5.76 Å². The topological polar surface area (TPSA) is 63.4 Å². The Balaban J connectivity index is 2.02. The summed E-state index contributed by atoms with van der Waals surface area (Å²) < 4.78 is 5.01. The average Bonchev–Trinajstić information content (AvgIpc) is 2.86. The molecule has 0 radical (unpaired) electrons. The van der Waals surface area contributed by atoms with Crippen molar-refractivity contribution in [3.8, 4) is 0 Å². The van der Waals surface area contributed by atoms with Crippen LogP contribution in [0.4, 0.5) is 0 Å². The molecule has 1 unspecified atom stereocenters. The molecule has 0 N–H and O–H groups in total. The molecule has 0 aromatic carbocycles. The number of likely N-dealkylation sites (tertiary alicyclic amines) is 1. The SMILES string of the molecule is CC(=O)C1CCCN1C(=O)Cc1cc(C)no1. The third-order valence-corrected chi connectivity index (χ3v) is 3.04. The molecule has 1 amide bonds. The van der Waals surface area contributed by atoms with Crippen molar-refractivity contribution in [2.24, 2.45) is 0 Å². The number of ketones is 1. The summed E-state index contributed by atoms with van der Waals surface area (Å²) in [6.45, 7) is 4.01. The molecule has 0 aliphatic carbocycles. The van der Waals surface area contributed by atoms with Crippen molar-refractivity contribution in [3.63, 3.8) is 0 Å². The van der Waals surface area contributed by atoms with Crippen molar-refractivity contribution >= 4 is 11.7 Å². The second-order valence-electron chi connectivity index (χ2n) is 4.47. The van der Waals surface area contributed by atoms with Crippen LogP contribution < -0.4 is 0 Å². The zero-order valence-electron chi connectivity index (χ0n) is 10.1. The van der Waals surface area contributed by atoms with Crippen LogP contribution in [0.5, 0.6) is 0 Å². The molecule has 1 fully saturated rings. The van der Waals surface area contributed by atoms with E-state index in [9.17, 15) is 9.59 Å². The van der Waals surface area contributed by atoms with Gasteiger partial charge in [0.05, 0.1) is 18.2 Å². The van der Waals surface area contributed by atoms with E-state index >= 15 is 0 Å². The van der Waals surface area contributed by atoms with Crippen LogP contribution in [0.25, 0.3) is 0 Å². The summed E-state index contributed by atoms with van der Waals surface area (Å²) in [5.74, 6) is 0.560. The van der Waals surface area contributed by atoms with Crippen LogP contribution >= 0.6 is 0 Å². The highest BCUT2D eigenvalue weighted by Crippen LogP contribution is 2.19. The third kappa shape index (κ3) is 2.54. The van der Waals surface area contributed by atoms with Crippen molar-refractivity contribution in [1.29, 1.82) is 0 Å². The van der Waals surface area contributed by atoms with E-state index in [4.69, 9.17) is 4.52 Å². The van der Waals surface area contributed by atoms with Gasteiger partial charge in [-0.3, -0.25) is 9.59 Å². The first kappa shape index (κ1) is 11.8. The molecule has 1 saturated heterocycles. The van der Waals surface area contributed by atoms with E-state index in [1.807, 2.05) is 6.92 Å². The zero-order valence-corrected chi connectivity index (χ0v) is 10.1. The second kappa shape index (κ2) is 4.69. The molecule has 17 heavy (non-hydrogen) atoms. The van der Waals surface area contributed by atoms with Crippen LogP contribution in [-0.4, -0.2) is 34.3 Å². The smallest absolute Gasteiger partial charge is 0.230 e. The van der Waals surface area contributed by atoms with E-state index in [1.165, 1.54) is 6.92 Å². The first-order valence-electron chi connectivity index (χ1n) is 5.80. The van der Waals surface area contributed by atoms with Gasteiger partial charge in [-0.2, -0.15) is 0 Å². The Morgan fingerprint density at radius 2 is 2.35 bits per heavy atom. The predicted molar refractivity (Wildman–Crippen MR) is 60.4 cm³/mol. The summed E-state index contributed by atoms with van der Waals surface area (Å²) in [6, 6.07) is 1.50. The van der Waals surface area contributed by atoms with Gasteiger partial charge in [0, 0.05) is 12.6 Å². The van der Waals surface area contributed by atoms with E-state index in [0.29, 0.717) is 12.3 Å². The minimum absolute atomic E-state index is 0.0566. The molecule has 1 aliphatic rings. The Kier molecular flexibility index (Phi) is 3.26. The number of carbonyl (C=O) groups is 2. The minimum atomic E-state index is -0.244. The fraction of sp³-hybridized carbons (Fsp3) is 0.583. The van der Waals surface area contributed by atoms with Crippen LogP contribution in [0.2, 0.25) is 0 Å². The number of Topliss-reactive ketones (excluding diaryl/α,β-unsaturated/α-hetero) is 1. The molecule has 1 atom stereocenters. The van der Waals surface area contributed by atoms with Crippen molar-refractivity contribution in [1.82, 2.24) is 10.1 Å². The average molecular weight is 236 g/mol. The summed E-state index contributed by atoms with van der Waals surface area (Å²) in [5.41, 5.74) is 0.761. The van der Waals surface area contributed by atoms with Gasteiger partial charge in [-0.15, -0.1) is 0 Å². The highest BCUT2D eigenvalue weighted by molar-refractivity contribution is 5.88. The lowest BCUT2D eigenvalue weighted by Crippen LogP contribution is -2.40. The largest absolute Gasteiger partial charge is 0.361 e. The number of hydrogen-bond acceptors (Lipinski definition) is 4. The first-order chi connectivity index (χ1) is 8.08. The molecule has 1 aromatic rings. The summed E-state index contributed by atoms with van der Waals surface area (Å²) >= 11 is 0. The van der Waals surface area contributed by atoms with Crippen LogP contribution in [-0.2, 0) is 16.0 Å². The van der Waals surface area contributed by atoms with Crippen LogP contribution in [0, 0.1) is 6.92 Å². The molecule has 5 nitrogen and oxygen atoms in total. The van der Waals surface area contributed by atoms with Crippen molar-refractivity contribution < 1.29 is 14.1 Å². The molecule has 0 bridgehead atoms. The highest BCUT2D eigenvalue weighted by atomic mass is 16.5. The third-order valence-electron chi connectivity index (χ3n) is 3.04. The number of aromatic nitrogens is 1. The molecule has 2 rings (SSSR count). The number of nitrogens with zero attached hydrogens (tertiary/aromatic N) is 2. The van der Waals surface area contributed by atoms with Crippen molar-refractivity contribution in [2.45, 2.75) is 39.2 Å². The lowest BCUT2D eigenvalue weighted by molar-refractivity contribution is -0.136. The predicted octanol–water partition coefficient (Wildman–Crippen LogP) is 1.11. The molecule has 5 heteroatoms. The number of amides is 1. The van der Waals surface area contributed by atoms with Crippen molar-refractivity contribution in [2.75, 3.05) is 6.54 Å². The van der Waals surface area contributed by atoms with Gasteiger partial charge < -0.3 is 9.42 Å². The van der Waals surface area contributed by atoms with Crippen LogP contribution in [0.3, 0.4) is 0 Å². The number of rotatable bonds is 3. The van der Waals surface area contributed by atoms with Gasteiger partial charge in [-0.25, -0.2) is 0 Å². The quantitative estimate of drug-likeness (QED) is 0.788. The molecular weight excluding hydrogens is 220 g/mol. The van der Waals surface area contributed by atoms with E-state index in [-0.39, 0.29) is 24.2 Å². The maximum Gasteiger partial charge on any atom is 0.230 e. The normalized spacial score (nSPS) is 19.6. The van der Waals surface area contributed by atoms with E-state index in [2.05, 4.69) is 5.16 Å². The summed E-state index contributed by atoms with van der Waals surface area (Å²) in [7, 11) is 0. The fourth-order valence-corrected chi connectivity index (χ4v) is 2.24. The summed E-state index contributed by atoms with van der Waals surface area (Å²) in [5, 5.41) is 3.74. The minimum Gasteiger partial charge on any atom is -0.361 e. The lowest BCUT2D eigenvalue weighted by Gasteiger charge is -2.21. The highest BCUT2D eigenvalue weighted by Gasteiger charge is 2.31. The Morgan fingerprint density at radius 1 is 1.59 bits per heavy atom.